The Bertz CT molecular complexity index is 537. The summed E-state index contributed by atoms with van der Waals surface area (Å²) >= 11 is 1.77. The van der Waals surface area contributed by atoms with Crippen LogP contribution in [0, 0.1) is 6.92 Å². The van der Waals surface area contributed by atoms with Gasteiger partial charge in [0.1, 0.15) is 0 Å². The number of benzene rings is 1. The van der Waals surface area contributed by atoms with Gasteiger partial charge in [-0.3, -0.25) is 4.98 Å². The minimum absolute atomic E-state index is 0.312. The van der Waals surface area contributed by atoms with Gasteiger partial charge in [0.05, 0.1) is 5.69 Å². The highest BCUT2D eigenvalue weighted by molar-refractivity contribution is 7.99. The smallest absolute Gasteiger partial charge is 0.0571 e. The summed E-state index contributed by atoms with van der Waals surface area (Å²) in [5.74, 6) is 0. The van der Waals surface area contributed by atoms with E-state index in [0.717, 1.165) is 18.7 Å². The molecule has 0 saturated heterocycles. The van der Waals surface area contributed by atoms with Crippen molar-refractivity contribution in [3.8, 4) is 0 Å². The van der Waals surface area contributed by atoms with Crippen molar-refractivity contribution in [2.45, 2.75) is 43.0 Å². The van der Waals surface area contributed by atoms with Crippen molar-refractivity contribution in [2.24, 2.45) is 0 Å². The molecule has 0 bridgehead atoms. The standard InChI is InChI=1S/C17H22N2S/c1-4-11-18-14(3)16-10-9-15(12-19-16)20-17-8-6-5-7-13(17)2/h5-10,12,14,18H,4,11H2,1-3H3. The molecule has 0 aliphatic heterocycles. The quantitative estimate of drug-likeness (QED) is 0.840. The molecule has 0 fully saturated rings. The lowest BCUT2D eigenvalue weighted by molar-refractivity contribution is 0.558. The van der Waals surface area contributed by atoms with Crippen molar-refractivity contribution >= 4 is 11.8 Å². The van der Waals surface area contributed by atoms with Gasteiger partial charge in [0.15, 0.2) is 0 Å². The topological polar surface area (TPSA) is 24.9 Å². The first-order valence-corrected chi connectivity index (χ1v) is 7.95. The maximum atomic E-state index is 4.57. The molecular weight excluding hydrogens is 264 g/mol. The van der Waals surface area contributed by atoms with Gasteiger partial charge >= 0.3 is 0 Å². The van der Waals surface area contributed by atoms with Crippen molar-refractivity contribution in [2.75, 3.05) is 6.54 Å². The molecule has 2 rings (SSSR count). The first-order chi connectivity index (χ1) is 9.70. The number of aryl methyl sites for hydroxylation is 1. The molecule has 3 heteroatoms. The lowest BCUT2D eigenvalue weighted by Gasteiger charge is -2.13. The summed E-state index contributed by atoms with van der Waals surface area (Å²) in [7, 11) is 0. The summed E-state index contributed by atoms with van der Waals surface area (Å²) < 4.78 is 0. The number of nitrogens with one attached hydrogen (secondary N) is 1. The fraction of sp³-hybridized carbons (Fsp3) is 0.353. The molecule has 0 saturated carbocycles. The summed E-state index contributed by atoms with van der Waals surface area (Å²) in [6.45, 7) is 7.50. The van der Waals surface area contributed by atoms with Crippen molar-refractivity contribution in [3.63, 3.8) is 0 Å². The van der Waals surface area contributed by atoms with Crippen molar-refractivity contribution in [1.29, 1.82) is 0 Å². The molecule has 20 heavy (non-hydrogen) atoms. The van der Waals surface area contributed by atoms with Gasteiger partial charge in [0.2, 0.25) is 0 Å². The van der Waals surface area contributed by atoms with E-state index < -0.39 is 0 Å². The Morgan fingerprint density at radius 3 is 2.65 bits per heavy atom. The Kier molecular flexibility index (Phi) is 5.62. The predicted octanol–water partition coefficient (Wildman–Crippen LogP) is 4.60. The molecule has 106 valence electrons. The molecule has 2 aromatic rings. The van der Waals surface area contributed by atoms with Crippen LogP contribution in [0.3, 0.4) is 0 Å². The number of hydrogen-bond acceptors (Lipinski definition) is 3. The highest BCUT2D eigenvalue weighted by Crippen LogP contribution is 2.29. The molecule has 0 aliphatic carbocycles. The van der Waals surface area contributed by atoms with Crippen LogP contribution >= 0.6 is 11.8 Å². The monoisotopic (exact) mass is 286 g/mol. The molecule has 1 aromatic carbocycles. The molecule has 1 heterocycles. The van der Waals surface area contributed by atoms with E-state index in [0.29, 0.717) is 6.04 Å². The summed E-state index contributed by atoms with van der Waals surface area (Å²) in [4.78, 5) is 7.05. The molecule has 1 aromatic heterocycles. The van der Waals surface area contributed by atoms with E-state index in [1.807, 2.05) is 6.20 Å². The van der Waals surface area contributed by atoms with Crippen LogP contribution in [0.5, 0.6) is 0 Å². The number of pyridine rings is 1. The average Bonchev–Trinajstić information content (AvgIpc) is 2.48. The summed E-state index contributed by atoms with van der Waals surface area (Å²) in [5, 5.41) is 3.46. The fourth-order valence-corrected chi connectivity index (χ4v) is 2.84. The number of rotatable bonds is 6. The number of nitrogens with zero attached hydrogens (tertiary/aromatic N) is 1. The van der Waals surface area contributed by atoms with Crippen LogP contribution in [0.15, 0.2) is 52.4 Å². The van der Waals surface area contributed by atoms with Gasteiger partial charge in [-0.15, -0.1) is 0 Å². The van der Waals surface area contributed by atoms with Crippen LogP contribution in [0.25, 0.3) is 0 Å². The second-order valence-electron chi connectivity index (χ2n) is 4.96. The summed E-state index contributed by atoms with van der Waals surface area (Å²) in [6.07, 6.45) is 3.11. The van der Waals surface area contributed by atoms with E-state index in [1.54, 1.807) is 11.8 Å². The summed E-state index contributed by atoms with van der Waals surface area (Å²) in [6, 6.07) is 13.0. The lowest BCUT2D eigenvalue weighted by Crippen LogP contribution is -2.20. The lowest BCUT2D eigenvalue weighted by atomic mass is 10.2. The van der Waals surface area contributed by atoms with Gasteiger partial charge < -0.3 is 5.32 Å². The molecule has 1 unspecified atom stereocenters. The Labute approximate surface area is 126 Å². The molecule has 0 amide bonds. The van der Waals surface area contributed by atoms with E-state index in [2.05, 4.69) is 67.5 Å². The molecule has 0 aliphatic rings. The van der Waals surface area contributed by atoms with E-state index in [-0.39, 0.29) is 0 Å². The van der Waals surface area contributed by atoms with Crippen LogP contribution in [0.2, 0.25) is 0 Å². The normalized spacial score (nSPS) is 12.3. The Hall–Kier alpha value is -1.32. The van der Waals surface area contributed by atoms with Crippen LogP contribution in [-0.4, -0.2) is 11.5 Å². The van der Waals surface area contributed by atoms with Gasteiger partial charge in [-0.2, -0.15) is 0 Å². The first kappa shape index (κ1) is 15.1. The van der Waals surface area contributed by atoms with E-state index >= 15 is 0 Å². The molecule has 0 spiro atoms. The number of hydrogen-bond donors (Lipinski definition) is 1. The minimum Gasteiger partial charge on any atom is -0.309 e. The third kappa shape index (κ3) is 4.09. The number of aromatic nitrogens is 1. The van der Waals surface area contributed by atoms with Crippen LogP contribution in [0.1, 0.15) is 37.6 Å². The van der Waals surface area contributed by atoms with Crippen molar-refractivity contribution < 1.29 is 0 Å². The van der Waals surface area contributed by atoms with Crippen molar-refractivity contribution in [3.05, 3.63) is 53.9 Å². The molecular formula is C17H22N2S. The zero-order valence-corrected chi connectivity index (χ0v) is 13.2. The Morgan fingerprint density at radius 1 is 1.20 bits per heavy atom. The maximum absolute atomic E-state index is 4.57. The van der Waals surface area contributed by atoms with Crippen LogP contribution in [-0.2, 0) is 0 Å². The Morgan fingerprint density at radius 2 is 2.00 bits per heavy atom. The van der Waals surface area contributed by atoms with Crippen molar-refractivity contribution in [1.82, 2.24) is 10.3 Å². The van der Waals surface area contributed by atoms with E-state index in [9.17, 15) is 0 Å². The van der Waals surface area contributed by atoms with Gasteiger partial charge in [0.25, 0.3) is 0 Å². The second-order valence-corrected chi connectivity index (χ2v) is 6.08. The first-order valence-electron chi connectivity index (χ1n) is 7.13. The fourth-order valence-electron chi connectivity index (χ4n) is 1.97. The van der Waals surface area contributed by atoms with E-state index in [4.69, 9.17) is 0 Å². The zero-order chi connectivity index (χ0) is 14.4. The molecule has 2 nitrogen and oxygen atoms in total. The van der Waals surface area contributed by atoms with Gasteiger partial charge in [-0.05, 0) is 50.6 Å². The highest BCUT2D eigenvalue weighted by atomic mass is 32.2. The maximum Gasteiger partial charge on any atom is 0.0571 e. The second kappa shape index (κ2) is 7.46. The highest BCUT2D eigenvalue weighted by Gasteiger charge is 2.06. The van der Waals surface area contributed by atoms with Crippen LogP contribution < -0.4 is 5.32 Å². The third-order valence-corrected chi connectivity index (χ3v) is 4.38. The largest absolute Gasteiger partial charge is 0.309 e. The van der Waals surface area contributed by atoms with Gasteiger partial charge in [0, 0.05) is 22.0 Å². The zero-order valence-electron chi connectivity index (χ0n) is 12.4. The molecule has 1 atom stereocenters. The molecule has 0 radical (unpaired) electrons. The predicted molar refractivity (Wildman–Crippen MR) is 86.2 cm³/mol. The summed E-state index contributed by atoms with van der Waals surface area (Å²) in [5.41, 5.74) is 2.41. The van der Waals surface area contributed by atoms with E-state index in [1.165, 1.54) is 15.4 Å². The SMILES string of the molecule is CCCNC(C)c1ccc(Sc2ccccc2C)cn1. The minimum atomic E-state index is 0.312. The average molecular weight is 286 g/mol. The van der Waals surface area contributed by atoms with Gasteiger partial charge in [-0.25, -0.2) is 0 Å². The molecule has 1 N–H and O–H groups in total. The van der Waals surface area contributed by atoms with Crippen LogP contribution in [0.4, 0.5) is 0 Å². The van der Waals surface area contributed by atoms with Gasteiger partial charge in [-0.1, -0.05) is 36.9 Å². The Balaban J connectivity index is 2.03. The third-order valence-electron chi connectivity index (χ3n) is 3.22.